The van der Waals surface area contributed by atoms with Crippen LogP contribution in [0.5, 0.6) is 5.75 Å². The Morgan fingerprint density at radius 2 is 2.04 bits per heavy atom. The molecule has 0 N–H and O–H groups in total. The van der Waals surface area contributed by atoms with Crippen LogP contribution < -0.4 is 15.2 Å². The number of benzene rings is 1. The van der Waals surface area contributed by atoms with Crippen molar-refractivity contribution in [2.75, 3.05) is 24.6 Å². The minimum Gasteiger partial charge on any atom is -0.492 e. The van der Waals surface area contributed by atoms with Gasteiger partial charge in [-0.3, -0.25) is 9.59 Å². The normalized spacial score (nSPS) is 13.8. The number of rotatable bonds is 5. The fourth-order valence-electron chi connectivity index (χ4n) is 4.09. The summed E-state index contributed by atoms with van der Waals surface area (Å²) in [6, 6.07) is 2.02. The highest BCUT2D eigenvalue weighted by atomic mass is 16.5. The van der Waals surface area contributed by atoms with E-state index in [1.165, 1.54) is 5.56 Å². The first-order valence-electron chi connectivity index (χ1n) is 9.13. The SMILES string of the molecule is CCOc1cc2c(CC)c(C=O)c(=O)n(C)c2c2c1N(CC)CCC2. The Hall–Kier alpha value is -2.30. The molecule has 0 spiro atoms. The quantitative estimate of drug-likeness (QED) is 0.784. The second-order valence-electron chi connectivity index (χ2n) is 6.44. The highest BCUT2D eigenvalue weighted by Crippen LogP contribution is 2.42. The highest BCUT2D eigenvalue weighted by Gasteiger charge is 2.26. The number of carbonyl (C=O) groups is 1. The maximum Gasteiger partial charge on any atom is 0.261 e. The summed E-state index contributed by atoms with van der Waals surface area (Å²) in [7, 11) is 1.77. The van der Waals surface area contributed by atoms with Crippen LogP contribution in [0.2, 0.25) is 0 Å². The standard InChI is InChI=1S/C20H26N2O3/c1-5-13-15-11-17(25-7-3)19-14(9-8-10-22(19)6-2)18(15)21(4)20(24)16(13)12-23/h11-12H,5-10H2,1-4H3. The summed E-state index contributed by atoms with van der Waals surface area (Å²) in [4.78, 5) is 26.6. The summed E-state index contributed by atoms with van der Waals surface area (Å²) < 4.78 is 7.61. The molecule has 0 aliphatic carbocycles. The average Bonchev–Trinajstić information content (AvgIpc) is 2.63. The van der Waals surface area contributed by atoms with Crippen LogP contribution >= 0.6 is 0 Å². The van der Waals surface area contributed by atoms with Gasteiger partial charge in [0.25, 0.3) is 5.56 Å². The molecule has 5 nitrogen and oxygen atoms in total. The molecule has 1 aliphatic rings. The monoisotopic (exact) mass is 342 g/mol. The second kappa shape index (κ2) is 6.90. The summed E-state index contributed by atoms with van der Waals surface area (Å²) in [5.41, 5.74) is 4.11. The molecule has 0 bridgehead atoms. The number of aromatic nitrogens is 1. The Labute approximate surface area is 148 Å². The smallest absolute Gasteiger partial charge is 0.261 e. The lowest BCUT2D eigenvalue weighted by Crippen LogP contribution is -2.31. The molecular weight excluding hydrogens is 316 g/mol. The Morgan fingerprint density at radius 3 is 2.64 bits per heavy atom. The summed E-state index contributed by atoms with van der Waals surface area (Å²) >= 11 is 0. The van der Waals surface area contributed by atoms with Gasteiger partial charge in [-0.15, -0.1) is 0 Å². The maximum atomic E-state index is 12.7. The van der Waals surface area contributed by atoms with Gasteiger partial charge in [-0.2, -0.15) is 0 Å². The van der Waals surface area contributed by atoms with E-state index in [2.05, 4.69) is 11.8 Å². The van der Waals surface area contributed by atoms with Crippen molar-refractivity contribution >= 4 is 22.9 Å². The van der Waals surface area contributed by atoms with E-state index >= 15 is 0 Å². The minimum atomic E-state index is -0.209. The van der Waals surface area contributed by atoms with Crippen molar-refractivity contribution in [1.29, 1.82) is 0 Å². The van der Waals surface area contributed by atoms with Crippen LogP contribution in [0.4, 0.5) is 5.69 Å². The molecule has 134 valence electrons. The van der Waals surface area contributed by atoms with Crippen molar-refractivity contribution in [2.45, 2.75) is 40.0 Å². The van der Waals surface area contributed by atoms with E-state index in [0.29, 0.717) is 19.3 Å². The van der Waals surface area contributed by atoms with Gasteiger partial charge in [0.1, 0.15) is 5.75 Å². The van der Waals surface area contributed by atoms with Gasteiger partial charge in [-0.25, -0.2) is 0 Å². The molecule has 1 aliphatic heterocycles. The van der Waals surface area contributed by atoms with E-state index in [9.17, 15) is 9.59 Å². The molecule has 0 saturated carbocycles. The van der Waals surface area contributed by atoms with Crippen molar-refractivity contribution in [3.63, 3.8) is 0 Å². The predicted molar refractivity (Wildman–Crippen MR) is 101 cm³/mol. The lowest BCUT2D eigenvalue weighted by atomic mass is 9.93. The van der Waals surface area contributed by atoms with Crippen LogP contribution in [0, 0.1) is 0 Å². The Morgan fingerprint density at radius 1 is 1.28 bits per heavy atom. The molecule has 2 heterocycles. The number of hydrogen-bond donors (Lipinski definition) is 0. The number of aryl methyl sites for hydroxylation is 3. The molecule has 0 radical (unpaired) electrons. The zero-order valence-electron chi connectivity index (χ0n) is 15.5. The number of anilines is 1. The van der Waals surface area contributed by atoms with Gasteiger partial charge in [0.2, 0.25) is 0 Å². The lowest BCUT2D eigenvalue weighted by Gasteiger charge is -2.33. The first-order chi connectivity index (χ1) is 12.1. The van der Waals surface area contributed by atoms with E-state index in [1.807, 2.05) is 19.9 Å². The molecule has 0 fully saturated rings. The number of carbonyl (C=O) groups excluding carboxylic acids is 1. The largest absolute Gasteiger partial charge is 0.492 e. The first-order valence-corrected chi connectivity index (χ1v) is 9.13. The van der Waals surface area contributed by atoms with Gasteiger partial charge in [-0.1, -0.05) is 6.92 Å². The van der Waals surface area contributed by atoms with Crippen molar-refractivity contribution < 1.29 is 9.53 Å². The van der Waals surface area contributed by atoms with Crippen LogP contribution in [0.1, 0.15) is 48.7 Å². The van der Waals surface area contributed by atoms with Gasteiger partial charge in [0.05, 0.1) is 23.4 Å². The van der Waals surface area contributed by atoms with Crippen molar-refractivity contribution in [1.82, 2.24) is 4.57 Å². The zero-order valence-corrected chi connectivity index (χ0v) is 15.5. The van der Waals surface area contributed by atoms with Gasteiger partial charge in [0, 0.05) is 31.1 Å². The van der Waals surface area contributed by atoms with E-state index in [1.54, 1.807) is 11.6 Å². The van der Waals surface area contributed by atoms with Crippen LogP contribution in [-0.4, -0.2) is 30.5 Å². The molecule has 0 unspecified atom stereocenters. The van der Waals surface area contributed by atoms with Gasteiger partial charge in [-0.05, 0) is 44.7 Å². The maximum absolute atomic E-state index is 12.7. The molecule has 0 amide bonds. The number of ether oxygens (including phenoxy) is 1. The van der Waals surface area contributed by atoms with Crippen LogP contribution in [-0.2, 0) is 19.9 Å². The lowest BCUT2D eigenvalue weighted by molar-refractivity contribution is 0.112. The number of fused-ring (bicyclic) bond motifs is 3. The van der Waals surface area contributed by atoms with Crippen molar-refractivity contribution in [3.05, 3.63) is 33.1 Å². The van der Waals surface area contributed by atoms with E-state index in [-0.39, 0.29) is 11.1 Å². The highest BCUT2D eigenvalue weighted by molar-refractivity contribution is 5.97. The van der Waals surface area contributed by atoms with Crippen LogP contribution in [0.3, 0.4) is 0 Å². The van der Waals surface area contributed by atoms with Gasteiger partial charge < -0.3 is 14.2 Å². The summed E-state index contributed by atoms with van der Waals surface area (Å²) in [6.07, 6.45) is 3.30. The Bertz CT molecular complexity index is 883. The van der Waals surface area contributed by atoms with Crippen molar-refractivity contribution in [3.8, 4) is 5.75 Å². The third-order valence-corrected chi connectivity index (χ3v) is 5.18. The van der Waals surface area contributed by atoms with E-state index in [4.69, 9.17) is 4.74 Å². The fourth-order valence-corrected chi connectivity index (χ4v) is 4.09. The number of nitrogens with zero attached hydrogens (tertiary/aromatic N) is 2. The van der Waals surface area contributed by atoms with Crippen LogP contribution in [0.25, 0.3) is 10.9 Å². The molecule has 2 aromatic rings. The van der Waals surface area contributed by atoms with Gasteiger partial charge >= 0.3 is 0 Å². The summed E-state index contributed by atoms with van der Waals surface area (Å²) in [5, 5.41) is 0.965. The van der Waals surface area contributed by atoms with Crippen LogP contribution in [0.15, 0.2) is 10.9 Å². The van der Waals surface area contributed by atoms with Gasteiger partial charge in [0.15, 0.2) is 6.29 Å². The molecule has 0 saturated heterocycles. The third-order valence-electron chi connectivity index (χ3n) is 5.18. The predicted octanol–water partition coefficient (Wildman–Crippen LogP) is 3.08. The number of hydrogen-bond acceptors (Lipinski definition) is 4. The zero-order chi connectivity index (χ0) is 18.1. The topological polar surface area (TPSA) is 51.5 Å². The summed E-state index contributed by atoms with van der Waals surface area (Å²) in [5.74, 6) is 0.858. The van der Waals surface area contributed by atoms with Crippen molar-refractivity contribution in [2.24, 2.45) is 7.05 Å². The Kier molecular flexibility index (Phi) is 4.84. The number of pyridine rings is 1. The Balaban J connectivity index is 2.51. The molecular formula is C20H26N2O3. The molecule has 0 atom stereocenters. The van der Waals surface area contributed by atoms with E-state index < -0.39 is 0 Å². The molecule has 5 heteroatoms. The minimum absolute atomic E-state index is 0.209. The molecule has 1 aromatic carbocycles. The second-order valence-corrected chi connectivity index (χ2v) is 6.44. The third kappa shape index (κ3) is 2.62. The first kappa shape index (κ1) is 17.5. The molecule has 25 heavy (non-hydrogen) atoms. The van der Waals surface area contributed by atoms with E-state index in [0.717, 1.165) is 53.8 Å². The molecule has 1 aromatic heterocycles. The summed E-state index contributed by atoms with van der Waals surface area (Å²) in [6.45, 7) is 8.59. The molecule has 3 rings (SSSR count). The average molecular weight is 342 g/mol. The number of aldehydes is 1. The fraction of sp³-hybridized carbons (Fsp3) is 0.500.